The maximum atomic E-state index is 11.9. The van der Waals surface area contributed by atoms with Crippen LogP contribution in [0.1, 0.15) is 34.8 Å². The molecule has 0 spiro atoms. The van der Waals surface area contributed by atoms with E-state index in [0.717, 1.165) is 18.4 Å². The van der Waals surface area contributed by atoms with Gasteiger partial charge in [-0.25, -0.2) is 4.79 Å². The number of hydrogen-bond donors (Lipinski definition) is 0. The fourth-order valence-corrected chi connectivity index (χ4v) is 4.63. The van der Waals surface area contributed by atoms with Gasteiger partial charge in [-0.1, -0.05) is 67.9 Å². The summed E-state index contributed by atoms with van der Waals surface area (Å²) in [6, 6.07) is 29.6. The second kappa shape index (κ2) is 8.95. The summed E-state index contributed by atoms with van der Waals surface area (Å²) in [5.41, 5.74) is 6.70. The van der Waals surface area contributed by atoms with Crippen LogP contribution in [0.5, 0.6) is 0 Å². The van der Waals surface area contributed by atoms with Gasteiger partial charge in [0.25, 0.3) is 0 Å². The zero-order valence-electron chi connectivity index (χ0n) is 19.0. The molecule has 0 amide bonds. The average molecular weight is 434 g/mol. The lowest BCUT2D eigenvalue weighted by atomic mass is 9.99. The minimum absolute atomic E-state index is 0.305. The largest absolute Gasteiger partial charge is 0.465 e. The van der Waals surface area contributed by atoms with E-state index in [-0.39, 0.29) is 5.97 Å². The summed E-state index contributed by atoms with van der Waals surface area (Å²) in [5.74, 6) is -0.305. The van der Waals surface area contributed by atoms with Crippen LogP contribution in [0.4, 0.5) is 0 Å². The topological polar surface area (TPSA) is 31.2 Å². The number of ether oxygens (including phenoxy) is 1. The van der Waals surface area contributed by atoms with Crippen LogP contribution in [-0.2, 0) is 17.7 Å². The van der Waals surface area contributed by atoms with Crippen molar-refractivity contribution in [2.45, 2.75) is 26.3 Å². The van der Waals surface area contributed by atoms with Crippen molar-refractivity contribution in [2.24, 2.45) is 0 Å². The molecular weight excluding hydrogens is 406 g/mol. The molecule has 0 atom stereocenters. The molecule has 0 aliphatic carbocycles. The lowest BCUT2D eigenvalue weighted by molar-refractivity contribution is 0.0600. The number of hydrogen-bond acceptors (Lipinski definition) is 2. The number of benzene rings is 4. The number of aryl methyl sites for hydroxylation is 1. The van der Waals surface area contributed by atoms with Crippen LogP contribution in [-0.4, -0.2) is 17.6 Å². The minimum Gasteiger partial charge on any atom is -0.465 e. The molecule has 1 aromatic heterocycles. The number of esters is 1. The first kappa shape index (κ1) is 21.0. The molecule has 4 aromatic carbocycles. The third-order valence-corrected chi connectivity index (χ3v) is 6.27. The Balaban J connectivity index is 1.55. The van der Waals surface area contributed by atoms with E-state index in [2.05, 4.69) is 84.4 Å². The highest BCUT2D eigenvalue weighted by Gasteiger charge is 2.12. The second-order valence-corrected chi connectivity index (χ2v) is 8.52. The van der Waals surface area contributed by atoms with Gasteiger partial charge in [0.2, 0.25) is 0 Å². The van der Waals surface area contributed by atoms with Gasteiger partial charge in [-0.05, 0) is 69.8 Å². The first-order valence-electron chi connectivity index (χ1n) is 11.4. The summed E-state index contributed by atoms with van der Waals surface area (Å²) in [6.07, 6.45) is 4.40. The molecule has 0 saturated heterocycles. The van der Waals surface area contributed by atoms with Gasteiger partial charge in [0.05, 0.1) is 12.7 Å². The fraction of sp³-hybridized carbons (Fsp3) is 0.167. The monoisotopic (exact) mass is 433 g/mol. The van der Waals surface area contributed by atoms with Gasteiger partial charge >= 0.3 is 5.97 Å². The van der Waals surface area contributed by atoms with Crippen LogP contribution in [0.2, 0.25) is 0 Å². The van der Waals surface area contributed by atoms with Crippen molar-refractivity contribution in [2.75, 3.05) is 7.11 Å². The summed E-state index contributed by atoms with van der Waals surface area (Å²) >= 11 is 0. The fourth-order valence-electron chi connectivity index (χ4n) is 4.63. The lowest BCUT2D eigenvalue weighted by Crippen LogP contribution is -2.03. The molecule has 0 radical (unpaired) electrons. The van der Waals surface area contributed by atoms with Crippen LogP contribution < -0.4 is 0 Å². The van der Waals surface area contributed by atoms with E-state index in [1.165, 1.54) is 45.5 Å². The Bertz CT molecular complexity index is 1460. The normalized spacial score (nSPS) is 11.2. The number of methoxy groups -OCH3 is 1. The molecule has 5 rings (SSSR count). The van der Waals surface area contributed by atoms with Crippen LogP contribution in [0.15, 0.2) is 91.1 Å². The molecule has 1 heterocycles. The molecule has 3 nitrogen and oxygen atoms in total. The summed E-state index contributed by atoms with van der Waals surface area (Å²) in [4.78, 5) is 11.9. The Morgan fingerprint density at radius 3 is 2.45 bits per heavy atom. The smallest absolute Gasteiger partial charge is 0.337 e. The molecule has 3 heteroatoms. The van der Waals surface area contributed by atoms with E-state index in [4.69, 9.17) is 4.74 Å². The molecule has 0 N–H and O–H groups in total. The number of rotatable bonds is 6. The summed E-state index contributed by atoms with van der Waals surface area (Å²) in [6.45, 7) is 2.93. The van der Waals surface area contributed by atoms with Gasteiger partial charge in [0.1, 0.15) is 0 Å². The van der Waals surface area contributed by atoms with E-state index >= 15 is 0 Å². The Kier molecular flexibility index (Phi) is 5.70. The molecule has 0 fully saturated rings. The Hall–Kier alpha value is -3.85. The first-order chi connectivity index (χ1) is 16.2. The molecule has 0 aliphatic rings. The highest BCUT2D eigenvalue weighted by Crippen LogP contribution is 2.31. The predicted molar refractivity (Wildman–Crippen MR) is 136 cm³/mol. The summed E-state index contributed by atoms with van der Waals surface area (Å²) in [7, 11) is 1.42. The number of carbonyl (C=O) groups excluding carboxylic acids is 1. The van der Waals surface area contributed by atoms with Crippen LogP contribution >= 0.6 is 0 Å². The summed E-state index contributed by atoms with van der Waals surface area (Å²) < 4.78 is 7.18. The average Bonchev–Trinajstić information content (AvgIpc) is 3.20. The Morgan fingerprint density at radius 1 is 0.848 bits per heavy atom. The molecular formula is C30H27NO2. The Labute approximate surface area is 194 Å². The predicted octanol–water partition coefficient (Wildman–Crippen LogP) is 7.25. The van der Waals surface area contributed by atoms with Crippen LogP contribution in [0, 0.1) is 0 Å². The zero-order valence-corrected chi connectivity index (χ0v) is 19.0. The third kappa shape index (κ3) is 4.14. The van der Waals surface area contributed by atoms with Gasteiger partial charge in [0.15, 0.2) is 0 Å². The van der Waals surface area contributed by atoms with E-state index in [1.807, 2.05) is 12.1 Å². The molecule has 164 valence electrons. The number of aromatic nitrogens is 1. The molecule has 0 aliphatic heterocycles. The van der Waals surface area contributed by atoms with Crippen molar-refractivity contribution in [1.29, 1.82) is 0 Å². The SMILES string of the molecule is CCCc1cn(Cc2cccc(C(=O)OC)c2)c2ccc(-c3ccc4ccccc4c3)cc12. The van der Waals surface area contributed by atoms with Gasteiger partial charge in [0, 0.05) is 23.6 Å². The highest BCUT2D eigenvalue weighted by atomic mass is 16.5. The van der Waals surface area contributed by atoms with Crippen molar-refractivity contribution in [3.63, 3.8) is 0 Å². The summed E-state index contributed by atoms with van der Waals surface area (Å²) in [5, 5.41) is 3.81. The van der Waals surface area contributed by atoms with Crippen molar-refractivity contribution in [3.8, 4) is 11.1 Å². The Morgan fingerprint density at radius 2 is 1.64 bits per heavy atom. The van der Waals surface area contributed by atoms with E-state index < -0.39 is 0 Å². The third-order valence-electron chi connectivity index (χ3n) is 6.27. The van der Waals surface area contributed by atoms with E-state index in [0.29, 0.717) is 12.1 Å². The number of carbonyl (C=O) groups is 1. The first-order valence-corrected chi connectivity index (χ1v) is 11.4. The van der Waals surface area contributed by atoms with E-state index in [9.17, 15) is 4.79 Å². The van der Waals surface area contributed by atoms with Crippen LogP contribution in [0.3, 0.4) is 0 Å². The van der Waals surface area contributed by atoms with Gasteiger partial charge < -0.3 is 9.30 Å². The lowest BCUT2D eigenvalue weighted by Gasteiger charge is -2.09. The molecule has 33 heavy (non-hydrogen) atoms. The van der Waals surface area contributed by atoms with Gasteiger partial charge in [-0.3, -0.25) is 0 Å². The standard InChI is InChI=1S/C30H27NO2/c1-3-7-27-20-31(19-21-8-6-11-26(16-21)30(32)33-2)29-15-14-25(18-28(27)29)24-13-12-22-9-4-5-10-23(22)17-24/h4-6,8-18,20H,3,7,19H2,1-2H3. The number of nitrogens with zero attached hydrogens (tertiary/aromatic N) is 1. The molecule has 5 aromatic rings. The van der Waals surface area contributed by atoms with Gasteiger partial charge in [-0.2, -0.15) is 0 Å². The molecule has 0 unspecified atom stereocenters. The second-order valence-electron chi connectivity index (χ2n) is 8.52. The maximum Gasteiger partial charge on any atom is 0.337 e. The van der Waals surface area contributed by atoms with Gasteiger partial charge in [-0.15, -0.1) is 0 Å². The maximum absolute atomic E-state index is 11.9. The van der Waals surface area contributed by atoms with Crippen molar-refractivity contribution in [3.05, 3.63) is 108 Å². The highest BCUT2D eigenvalue weighted by molar-refractivity contribution is 5.92. The molecule has 0 bridgehead atoms. The van der Waals surface area contributed by atoms with Crippen molar-refractivity contribution < 1.29 is 9.53 Å². The zero-order chi connectivity index (χ0) is 22.8. The minimum atomic E-state index is -0.305. The van der Waals surface area contributed by atoms with Crippen molar-refractivity contribution >= 4 is 27.6 Å². The van der Waals surface area contributed by atoms with Crippen molar-refractivity contribution in [1.82, 2.24) is 4.57 Å². The van der Waals surface area contributed by atoms with E-state index in [1.54, 1.807) is 6.07 Å². The molecule has 0 saturated carbocycles. The van der Waals surface area contributed by atoms with Crippen LogP contribution in [0.25, 0.3) is 32.8 Å². The number of fused-ring (bicyclic) bond motifs is 2. The quantitative estimate of drug-likeness (QED) is 0.264.